The normalized spacial score (nSPS) is 12.8. The predicted octanol–water partition coefficient (Wildman–Crippen LogP) is 2.79. The number of amides is 1. The topological polar surface area (TPSA) is 66.4 Å². The van der Waals surface area contributed by atoms with Crippen molar-refractivity contribution in [1.29, 1.82) is 0 Å². The highest BCUT2D eigenvalue weighted by Gasteiger charge is 2.24. The summed E-state index contributed by atoms with van der Waals surface area (Å²) in [4.78, 5) is 23.1. The van der Waals surface area contributed by atoms with Gasteiger partial charge in [0.1, 0.15) is 0 Å². The van der Waals surface area contributed by atoms with Crippen LogP contribution in [0, 0.1) is 18.3 Å². The summed E-state index contributed by atoms with van der Waals surface area (Å²) in [7, 11) is 0. The molecule has 0 aromatic heterocycles. The van der Waals surface area contributed by atoms with Crippen LogP contribution in [-0.2, 0) is 16.0 Å². The van der Waals surface area contributed by atoms with E-state index in [0.717, 1.165) is 11.1 Å². The van der Waals surface area contributed by atoms with Crippen LogP contribution < -0.4 is 5.32 Å². The average molecular weight is 291 g/mol. The minimum Gasteiger partial charge on any atom is -0.481 e. The summed E-state index contributed by atoms with van der Waals surface area (Å²) >= 11 is 0. The molecule has 0 heterocycles. The van der Waals surface area contributed by atoms with Gasteiger partial charge in [-0.25, -0.2) is 0 Å². The number of hydrogen-bond donors (Lipinski definition) is 2. The van der Waals surface area contributed by atoms with Gasteiger partial charge in [-0.05, 0) is 24.3 Å². The zero-order chi connectivity index (χ0) is 16.0. The Kier molecular flexibility index (Phi) is 5.94. The molecule has 1 rings (SSSR count). The van der Waals surface area contributed by atoms with Gasteiger partial charge in [0.15, 0.2) is 0 Å². The Balaban J connectivity index is 2.50. The van der Waals surface area contributed by atoms with Crippen LogP contribution in [0.2, 0.25) is 0 Å². The summed E-state index contributed by atoms with van der Waals surface area (Å²) in [6, 6.07) is 7.75. The van der Waals surface area contributed by atoms with E-state index < -0.39 is 11.9 Å². The number of hydrogen-bond acceptors (Lipinski definition) is 2. The highest BCUT2D eigenvalue weighted by atomic mass is 16.4. The van der Waals surface area contributed by atoms with Gasteiger partial charge in [0, 0.05) is 6.54 Å². The maximum absolute atomic E-state index is 11.9. The molecule has 0 aliphatic carbocycles. The molecule has 1 aromatic rings. The second-order valence-corrected chi connectivity index (χ2v) is 6.77. The highest BCUT2D eigenvalue weighted by molar-refractivity contribution is 5.79. The zero-order valence-electron chi connectivity index (χ0n) is 13.3. The second-order valence-electron chi connectivity index (χ2n) is 6.77. The largest absolute Gasteiger partial charge is 0.481 e. The summed E-state index contributed by atoms with van der Waals surface area (Å²) in [6.07, 6.45) is 0.815. The monoisotopic (exact) mass is 291 g/mol. The summed E-state index contributed by atoms with van der Waals surface area (Å²) < 4.78 is 0. The van der Waals surface area contributed by atoms with Crippen molar-refractivity contribution in [3.63, 3.8) is 0 Å². The van der Waals surface area contributed by atoms with Gasteiger partial charge < -0.3 is 10.4 Å². The van der Waals surface area contributed by atoms with Crippen LogP contribution >= 0.6 is 0 Å². The van der Waals surface area contributed by atoms with E-state index in [1.54, 1.807) is 0 Å². The maximum Gasteiger partial charge on any atom is 0.308 e. The molecule has 21 heavy (non-hydrogen) atoms. The van der Waals surface area contributed by atoms with Gasteiger partial charge in [-0.2, -0.15) is 0 Å². The number of carboxylic acids is 1. The van der Waals surface area contributed by atoms with Crippen LogP contribution in [0.25, 0.3) is 0 Å². The third-order valence-corrected chi connectivity index (χ3v) is 3.24. The Morgan fingerprint density at radius 1 is 1.19 bits per heavy atom. The van der Waals surface area contributed by atoms with Crippen LogP contribution in [-0.4, -0.2) is 23.5 Å². The Morgan fingerprint density at radius 3 is 2.24 bits per heavy atom. The van der Waals surface area contributed by atoms with Gasteiger partial charge in [-0.15, -0.1) is 0 Å². The van der Waals surface area contributed by atoms with E-state index in [-0.39, 0.29) is 24.3 Å². The maximum atomic E-state index is 11.9. The van der Waals surface area contributed by atoms with Gasteiger partial charge >= 0.3 is 5.97 Å². The quantitative estimate of drug-likeness (QED) is 0.847. The van der Waals surface area contributed by atoms with Crippen molar-refractivity contribution >= 4 is 11.9 Å². The number of carboxylic acid groups (broad SMARTS) is 1. The molecule has 1 unspecified atom stereocenters. The summed E-state index contributed by atoms with van der Waals surface area (Å²) in [5.74, 6) is -1.55. The molecule has 1 aromatic carbocycles. The average Bonchev–Trinajstić information content (AvgIpc) is 2.35. The SMILES string of the molecule is Cc1ccc(CC(=O)NCC(CC(C)(C)C)C(=O)O)cc1. The van der Waals surface area contributed by atoms with Gasteiger partial charge in [-0.1, -0.05) is 50.6 Å². The Hall–Kier alpha value is -1.84. The molecular weight excluding hydrogens is 266 g/mol. The molecule has 1 amide bonds. The van der Waals surface area contributed by atoms with Crippen LogP contribution in [0.1, 0.15) is 38.3 Å². The lowest BCUT2D eigenvalue weighted by Crippen LogP contribution is -2.35. The number of aliphatic carboxylic acids is 1. The molecule has 0 aliphatic rings. The predicted molar refractivity (Wildman–Crippen MR) is 83.1 cm³/mol. The van der Waals surface area contributed by atoms with Gasteiger partial charge in [0.05, 0.1) is 12.3 Å². The Bertz CT molecular complexity index is 486. The van der Waals surface area contributed by atoms with Crippen molar-refractivity contribution in [3.05, 3.63) is 35.4 Å². The van der Waals surface area contributed by atoms with Crippen molar-refractivity contribution < 1.29 is 14.7 Å². The van der Waals surface area contributed by atoms with E-state index in [1.165, 1.54) is 0 Å². The first-order chi connectivity index (χ1) is 9.67. The lowest BCUT2D eigenvalue weighted by Gasteiger charge is -2.23. The smallest absolute Gasteiger partial charge is 0.308 e. The number of carbonyl (C=O) groups excluding carboxylic acids is 1. The van der Waals surface area contributed by atoms with Gasteiger partial charge in [0.2, 0.25) is 5.91 Å². The minimum atomic E-state index is -0.861. The van der Waals surface area contributed by atoms with Crippen LogP contribution in [0.3, 0.4) is 0 Å². The first-order valence-corrected chi connectivity index (χ1v) is 7.22. The van der Waals surface area contributed by atoms with Crippen LogP contribution in [0.4, 0.5) is 0 Å². The number of nitrogens with one attached hydrogen (secondary N) is 1. The number of rotatable bonds is 6. The molecular formula is C17H25NO3. The fourth-order valence-electron chi connectivity index (χ4n) is 2.18. The van der Waals surface area contributed by atoms with Crippen molar-refractivity contribution in [2.45, 2.75) is 40.5 Å². The van der Waals surface area contributed by atoms with E-state index in [9.17, 15) is 14.7 Å². The number of aryl methyl sites for hydroxylation is 1. The molecule has 4 heteroatoms. The number of carbonyl (C=O) groups is 2. The minimum absolute atomic E-state index is 0.0786. The molecule has 0 radical (unpaired) electrons. The third-order valence-electron chi connectivity index (χ3n) is 3.24. The molecule has 4 nitrogen and oxygen atoms in total. The molecule has 0 saturated carbocycles. The first kappa shape index (κ1) is 17.2. The van der Waals surface area contributed by atoms with Crippen LogP contribution in [0.15, 0.2) is 24.3 Å². The summed E-state index contributed by atoms with van der Waals surface area (Å²) in [5.41, 5.74) is 2.00. The van der Waals surface area contributed by atoms with E-state index in [2.05, 4.69) is 5.32 Å². The Labute approximate surface area is 126 Å². The summed E-state index contributed by atoms with van der Waals surface area (Å²) in [5, 5.41) is 11.9. The molecule has 0 saturated heterocycles. The molecule has 0 aliphatic heterocycles. The lowest BCUT2D eigenvalue weighted by molar-refractivity contribution is -0.142. The van der Waals surface area contributed by atoms with E-state index >= 15 is 0 Å². The van der Waals surface area contributed by atoms with E-state index in [4.69, 9.17) is 0 Å². The van der Waals surface area contributed by atoms with E-state index in [0.29, 0.717) is 6.42 Å². The van der Waals surface area contributed by atoms with Crippen molar-refractivity contribution in [2.75, 3.05) is 6.54 Å². The molecule has 116 valence electrons. The van der Waals surface area contributed by atoms with Gasteiger partial charge in [0.25, 0.3) is 0 Å². The fourth-order valence-corrected chi connectivity index (χ4v) is 2.18. The molecule has 2 N–H and O–H groups in total. The van der Waals surface area contributed by atoms with Gasteiger partial charge in [-0.3, -0.25) is 9.59 Å². The zero-order valence-corrected chi connectivity index (χ0v) is 13.3. The molecule has 1 atom stereocenters. The standard InChI is InChI=1S/C17H25NO3/c1-12-5-7-13(8-6-12)9-15(19)18-11-14(16(20)21)10-17(2,3)4/h5-8,14H,9-11H2,1-4H3,(H,18,19)(H,20,21). The van der Waals surface area contributed by atoms with Crippen molar-refractivity contribution in [3.8, 4) is 0 Å². The van der Waals surface area contributed by atoms with Crippen molar-refractivity contribution in [1.82, 2.24) is 5.32 Å². The lowest BCUT2D eigenvalue weighted by atomic mass is 9.84. The molecule has 0 fully saturated rings. The Morgan fingerprint density at radius 2 is 1.76 bits per heavy atom. The van der Waals surface area contributed by atoms with Crippen LogP contribution in [0.5, 0.6) is 0 Å². The number of benzene rings is 1. The van der Waals surface area contributed by atoms with E-state index in [1.807, 2.05) is 52.0 Å². The molecule has 0 spiro atoms. The third kappa shape index (κ3) is 6.93. The molecule has 0 bridgehead atoms. The first-order valence-electron chi connectivity index (χ1n) is 7.22. The second kappa shape index (κ2) is 7.25. The summed E-state index contributed by atoms with van der Waals surface area (Å²) in [6.45, 7) is 8.16. The van der Waals surface area contributed by atoms with Crippen molar-refractivity contribution in [2.24, 2.45) is 11.3 Å². The highest BCUT2D eigenvalue weighted by Crippen LogP contribution is 2.24. The fraction of sp³-hybridized carbons (Fsp3) is 0.529.